The van der Waals surface area contributed by atoms with Crippen LogP contribution in [-0.2, 0) is 0 Å². The molecule has 8 nitrogen and oxygen atoms in total. The van der Waals surface area contributed by atoms with Gasteiger partial charge in [-0.05, 0) is 25.0 Å². The van der Waals surface area contributed by atoms with Crippen molar-refractivity contribution in [2.75, 3.05) is 18.4 Å². The van der Waals surface area contributed by atoms with E-state index < -0.39 is 0 Å². The Morgan fingerprint density at radius 3 is 2.79 bits per heavy atom. The average Bonchev–Trinajstić information content (AvgIpc) is 3.12. The SMILES string of the molecule is N#Cc1cnc(Nc2cn(-c3cccc(OC4CC5(CNC5)C4)c3)cn2)cn1. The molecular weight excluding hydrogens is 354 g/mol. The highest BCUT2D eigenvalue weighted by Gasteiger charge is 2.49. The summed E-state index contributed by atoms with van der Waals surface area (Å²) in [4.78, 5) is 12.5. The molecule has 28 heavy (non-hydrogen) atoms. The molecule has 1 aromatic carbocycles. The zero-order valence-electron chi connectivity index (χ0n) is 15.2. The Kier molecular flexibility index (Phi) is 3.95. The van der Waals surface area contributed by atoms with Gasteiger partial charge in [-0.2, -0.15) is 5.26 Å². The molecule has 1 aliphatic heterocycles. The van der Waals surface area contributed by atoms with Crippen LogP contribution in [0.3, 0.4) is 0 Å². The van der Waals surface area contributed by atoms with Gasteiger partial charge in [0.1, 0.15) is 29.8 Å². The molecule has 5 rings (SSSR count). The van der Waals surface area contributed by atoms with E-state index in [9.17, 15) is 0 Å². The Hall–Kier alpha value is -3.44. The van der Waals surface area contributed by atoms with Gasteiger partial charge in [0.2, 0.25) is 0 Å². The van der Waals surface area contributed by atoms with E-state index in [1.807, 2.05) is 41.1 Å². The Bertz CT molecular complexity index is 1030. The Balaban J connectivity index is 1.25. The van der Waals surface area contributed by atoms with Crippen molar-refractivity contribution in [2.45, 2.75) is 18.9 Å². The number of hydrogen-bond acceptors (Lipinski definition) is 7. The summed E-state index contributed by atoms with van der Waals surface area (Å²) in [5.74, 6) is 2.06. The third-order valence-electron chi connectivity index (χ3n) is 5.35. The van der Waals surface area contributed by atoms with Crippen molar-refractivity contribution in [1.82, 2.24) is 24.8 Å². The van der Waals surface area contributed by atoms with Crippen molar-refractivity contribution in [3.8, 4) is 17.5 Å². The van der Waals surface area contributed by atoms with E-state index in [2.05, 4.69) is 25.6 Å². The van der Waals surface area contributed by atoms with Gasteiger partial charge in [-0.3, -0.25) is 0 Å². The first-order valence-corrected chi connectivity index (χ1v) is 9.22. The fraction of sp³-hybridized carbons (Fsp3) is 0.300. The number of anilines is 2. The van der Waals surface area contributed by atoms with Crippen LogP contribution < -0.4 is 15.4 Å². The van der Waals surface area contributed by atoms with Crippen molar-refractivity contribution in [1.29, 1.82) is 5.26 Å². The molecule has 1 spiro atoms. The Morgan fingerprint density at radius 2 is 2.07 bits per heavy atom. The minimum atomic E-state index is 0.277. The molecule has 3 aromatic rings. The first-order chi connectivity index (χ1) is 13.7. The number of nitriles is 1. The topological polar surface area (TPSA) is 101 Å². The van der Waals surface area contributed by atoms with Gasteiger partial charge in [-0.25, -0.2) is 15.0 Å². The Labute approximate surface area is 162 Å². The predicted octanol–water partition coefficient (Wildman–Crippen LogP) is 2.41. The van der Waals surface area contributed by atoms with Gasteiger partial charge in [0.25, 0.3) is 0 Å². The summed E-state index contributed by atoms with van der Waals surface area (Å²) in [6, 6.07) is 9.97. The smallest absolute Gasteiger partial charge is 0.158 e. The predicted molar refractivity (Wildman–Crippen MR) is 103 cm³/mol. The van der Waals surface area contributed by atoms with Gasteiger partial charge in [0, 0.05) is 24.6 Å². The van der Waals surface area contributed by atoms with Crippen LogP contribution in [-0.4, -0.2) is 38.7 Å². The molecule has 0 amide bonds. The van der Waals surface area contributed by atoms with Gasteiger partial charge < -0.3 is 19.9 Å². The van der Waals surface area contributed by atoms with Crippen molar-refractivity contribution in [3.63, 3.8) is 0 Å². The second kappa shape index (κ2) is 6.62. The van der Waals surface area contributed by atoms with Crippen molar-refractivity contribution < 1.29 is 4.74 Å². The third-order valence-corrected chi connectivity index (χ3v) is 5.35. The van der Waals surface area contributed by atoms with E-state index in [1.165, 1.54) is 12.4 Å². The van der Waals surface area contributed by atoms with Crippen molar-refractivity contribution in [3.05, 3.63) is 54.9 Å². The number of benzene rings is 1. The molecule has 2 N–H and O–H groups in total. The standard InChI is InChI=1S/C20H19N7O/c21-7-14-8-24-18(9-23-14)26-19-10-27(13-25-19)15-2-1-3-16(4-15)28-17-5-20(6-17)11-22-12-20/h1-4,8-10,13,17,22H,5-6,11-12H2,(H,24,26). The fourth-order valence-corrected chi connectivity index (χ4v) is 3.78. The van der Waals surface area contributed by atoms with E-state index in [-0.39, 0.29) is 5.69 Å². The van der Waals surface area contributed by atoms with Crippen LogP contribution in [0.1, 0.15) is 18.5 Å². The van der Waals surface area contributed by atoms with Gasteiger partial charge in [-0.15, -0.1) is 0 Å². The van der Waals surface area contributed by atoms with Crippen LogP contribution in [0.25, 0.3) is 5.69 Å². The summed E-state index contributed by atoms with van der Waals surface area (Å²) in [5, 5.41) is 15.2. The van der Waals surface area contributed by atoms with Crippen molar-refractivity contribution >= 4 is 11.6 Å². The zero-order valence-corrected chi connectivity index (χ0v) is 15.2. The highest BCUT2D eigenvalue weighted by molar-refractivity contribution is 5.51. The Morgan fingerprint density at radius 1 is 1.18 bits per heavy atom. The maximum atomic E-state index is 8.78. The van der Waals surface area contributed by atoms with Crippen LogP contribution in [0, 0.1) is 16.7 Å². The number of nitrogens with one attached hydrogen (secondary N) is 2. The summed E-state index contributed by atoms with van der Waals surface area (Å²) < 4.78 is 8.07. The molecule has 0 bridgehead atoms. The highest BCUT2D eigenvalue weighted by Crippen LogP contribution is 2.45. The maximum Gasteiger partial charge on any atom is 0.158 e. The largest absolute Gasteiger partial charge is 0.490 e. The second-order valence-electron chi connectivity index (χ2n) is 7.44. The molecule has 1 aliphatic carbocycles. The minimum absolute atomic E-state index is 0.277. The quantitative estimate of drug-likeness (QED) is 0.708. The summed E-state index contributed by atoms with van der Waals surface area (Å²) in [6.45, 7) is 2.25. The van der Waals surface area contributed by atoms with Crippen LogP contribution in [0.15, 0.2) is 49.2 Å². The lowest BCUT2D eigenvalue weighted by Gasteiger charge is -2.53. The van der Waals surface area contributed by atoms with Gasteiger partial charge in [-0.1, -0.05) is 6.07 Å². The molecule has 140 valence electrons. The second-order valence-corrected chi connectivity index (χ2v) is 7.44. The van der Waals surface area contributed by atoms with E-state index >= 15 is 0 Å². The molecule has 0 radical (unpaired) electrons. The molecule has 0 atom stereocenters. The monoisotopic (exact) mass is 373 g/mol. The summed E-state index contributed by atoms with van der Waals surface area (Å²) in [5.41, 5.74) is 1.75. The van der Waals surface area contributed by atoms with Crippen molar-refractivity contribution in [2.24, 2.45) is 5.41 Å². The average molecular weight is 373 g/mol. The molecule has 2 fully saturated rings. The highest BCUT2D eigenvalue weighted by atomic mass is 16.5. The van der Waals surface area contributed by atoms with Crippen LogP contribution in [0.5, 0.6) is 5.75 Å². The maximum absolute atomic E-state index is 8.78. The lowest BCUT2D eigenvalue weighted by Crippen LogP contribution is -2.62. The molecule has 3 heterocycles. The number of imidazole rings is 1. The third kappa shape index (κ3) is 3.17. The first kappa shape index (κ1) is 16.7. The molecule has 1 saturated heterocycles. The lowest BCUT2D eigenvalue weighted by molar-refractivity contribution is -0.0495. The zero-order chi connectivity index (χ0) is 19.0. The van der Waals surface area contributed by atoms with E-state index in [4.69, 9.17) is 10.00 Å². The first-order valence-electron chi connectivity index (χ1n) is 9.22. The van der Waals surface area contributed by atoms with Crippen LogP contribution >= 0.6 is 0 Å². The number of ether oxygens (including phenoxy) is 1. The number of hydrogen-bond donors (Lipinski definition) is 2. The summed E-state index contributed by atoms with van der Waals surface area (Å²) >= 11 is 0. The minimum Gasteiger partial charge on any atom is -0.490 e. The molecule has 1 saturated carbocycles. The van der Waals surface area contributed by atoms with Gasteiger partial charge >= 0.3 is 0 Å². The molecule has 8 heteroatoms. The summed E-state index contributed by atoms with van der Waals surface area (Å²) in [6.07, 6.45) is 9.12. The van der Waals surface area contributed by atoms with E-state index in [1.54, 1.807) is 6.33 Å². The number of rotatable bonds is 5. The molecule has 2 aromatic heterocycles. The van der Waals surface area contributed by atoms with E-state index in [0.29, 0.717) is 23.2 Å². The molecule has 2 aliphatic rings. The number of nitrogens with zero attached hydrogens (tertiary/aromatic N) is 5. The fourth-order valence-electron chi connectivity index (χ4n) is 3.78. The van der Waals surface area contributed by atoms with E-state index in [0.717, 1.165) is 37.4 Å². The number of aromatic nitrogens is 4. The molecule has 0 unspecified atom stereocenters. The van der Waals surface area contributed by atoms with Gasteiger partial charge in [0.05, 0.1) is 30.4 Å². The summed E-state index contributed by atoms with van der Waals surface area (Å²) in [7, 11) is 0. The van der Waals surface area contributed by atoms with Crippen LogP contribution in [0.2, 0.25) is 0 Å². The lowest BCUT2D eigenvalue weighted by atomic mass is 9.63. The van der Waals surface area contributed by atoms with Crippen LogP contribution in [0.4, 0.5) is 11.6 Å². The normalized spacial score (nSPS) is 17.4. The molecular formula is C20H19N7O. The van der Waals surface area contributed by atoms with Gasteiger partial charge in [0.15, 0.2) is 5.69 Å².